The van der Waals surface area contributed by atoms with Crippen LogP contribution in [0.4, 0.5) is 15.8 Å². The fraction of sp³-hybridized carbons (Fsp3) is 0.395. The summed E-state index contributed by atoms with van der Waals surface area (Å²) < 4.78 is 22.1. The summed E-state index contributed by atoms with van der Waals surface area (Å²) in [5, 5.41) is 5.21. The molecule has 2 aromatic carbocycles. The van der Waals surface area contributed by atoms with Crippen LogP contribution in [0.2, 0.25) is 5.02 Å². The number of rotatable bonds is 12. The van der Waals surface area contributed by atoms with Crippen molar-refractivity contribution in [3.63, 3.8) is 0 Å². The van der Waals surface area contributed by atoms with Gasteiger partial charge in [0.2, 0.25) is 17.6 Å². The average molecular weight is 671 g/mol. The van der Waals surface area contributed by atoms with Crippen LogP contribution in [0.25, 0.3) is 11.1 Å². The molecule has 6 rings (SSSR count). The third-order valence-corrected chi connectivity index (χ3v) is 9.51. The molecule has 48 heavy (non-hydrogen) atoms. The predicted molar refractivity (Wildman–Crippen MR) is 191 cm³/mol. The zero-order valence-electron chi connectivity index (χ0n) is 28.0. The second-order valence-corrected chi connectivity index (χ2v) is 13.3. The lowest BCUT2D eigenvalue weighted by Gasteiger charge is -2.36. The number of nitrogens with two attached hydrogens (primary N) is 1. The van der Waals surface area contributed by atoms with E-state index in [4.69, 9.17) is 26.8 Å². The molecular formula is C38H44ClFN6O2. The van der Waals surface area contributed by atoms with Crippen molar-refractivity contribution >= 4 is 40.0 Å². The van der Waals surface area contributed by atoms with Crippen molar-refractivity contribution in [1.29, 1.82) is 0 Å². The first-order valence-corrected chi connectivity index (χ1v) is 17.3. The summed E-state index contributed by atoms with van der Waals surface area (Å²) in [6, 6.07) is 11.5. The number of primary amides is 1. The van der Waals surface area contributed by atoms with E-state index in [1.807, 2.05) is 43.3 Å². The lowest BCUT2D eigenvalue weighted by molar-refractivity contribution is -0.118. The Morgan fingerprint density at radius 1 is 1.12 bits per heavy atom. The summed E-state index contributed by atoms with van der Waals surface area (Å²) in [4.78, 5) is 23.2. The number of carbonyl (C=O) groups excluding carboxylic acids is 1. The molecule has 1 unspecified atom stereocenters. The van der Waals surface area contributed by atoms with Gasteiger partial charge in [0, 0.05) is 61.5 Å². The average Bonchev–Trinajstić information content (AvgIpc) is 3.79. The van der Waals surface area contributed by atoms with E-state index in [1.54, 1.807) is 6.07 Å². The molecule has 2 aliphatic heterocycles. The molecule has 3 aliphatic rings. The number of halogens is 2. The number of amides is 1. The van der Waals surface area contributed by atoms with E-state index >= 15 is 4.39 Å². The monoisotopic (exact) mass is 670 g/mol. The highest BCUT2D eigenvalue weighted by molar-refractivity contribution is 6.30. The summed E-state index contributed by atoms with van der Waals surface area (Å²) in [6.45, 7) is 7.93. The Kier molecular flexibility index (Phi) is 10.5. The van der Waals surface area contributed by atoms with Gasteiger partial charge >= 0.3 is 0 Å². The fourth-order valence-corrected chi connectivity index (χ4v) is 6.77. The number of fused-ring (bicyclic) bond motifs is 1. The summed E-state index contributed by atoms with van der Waals surface area (Å²) in [5.41, 5.74) is 13.1. The third kappa shape index (κ3) is 7.58. The molecule has 2 fully saturated rings. The van der Waals surface area contributed by atoms with E-state index in [-0.39, 0.29) is 24.1 Å². The number of hydrogen-bond donors (Lipinski definition) is 1. The molecule has 3 heterocycles. The van der Waals surface area contributed by atoms with E-state index in [1.165, 1.54) is 5.57 Å². The van der Waals surface area contributed by atoms with Gasteiger partial charge in [-0.3, -0.25) is 4.79 Å². The zero-order valence-corrected chi connectivity index (χ0v) is 28.8. The SMILES string of the molecule is C/C=C\C(=C/CC)C(CCCC(N)=O)c1nc(C2=CN(Cc3ccc(Cl)cc3)c3cc(N4CCN(C)CC4)c(F)cc3C2=C2CC2)no1. The van der Waals surface area contributed by atoms with E-state index in [2.05, 4.69) is 52.2 Å². The Bertz CT molecular complexity index is 1760. The number of aromatic nitrogens is 2. The van der Waals surface area contributed by atoms with Crippen molar-refractivity contribution in [3.8, 4) is 0 Å². The third-order valence-electron chi connectivity index (χ3n) is 9.26. The molecule has 2 N–H and O–H groups in total. The van der Waals surface area contributed by atoms with Gasteiger partial charge < -0.3 is 25.0 Å². The Hall–Kier alpha value is -4.21. The summed E-state index contributed by atoms with van der Waals surface area (Å²) in [6.07, 6.45) is 12.5. The van der Waals surface area contributed by atoms with Crippen molar-refractivity contribution in [1.82, 2.24) is 15.0 Å². The zero-order chi connectivity index (χ0) is 33.8. The van der Waals surface area contributed by atoms with Crippen molar-refractivity contribution in [2.45, 2.75) is 64.8 Å². The van der Waals surface area contributed by atoms with Crippen LogP contribution in [0.3, 0.4) is 0 Å². The van der Waals surface area contributed by atoms with Crippen molar-refractivity contribution in [2.75, 3.05) is 43.0 Å². The first-order valence-electron chi connectivity index (χ1n) is 16.9. The maximum atomic E-state index is 16.1. The summed E-state index contributed by atoms with van der Waals surface area (Å²) >= 11 is 6.23. The van der Waals surface area contributed by atoms with Gasteiger partial charge in [0.05, 0.1) is 17.3 Å². The Morgan fingerprint density at radius 3 is 2.54 bits per heavy atom. The molecule has 1 saturated heterocycles. The standard InChI is InChI=1S/C38H44ClFN6O2/c1-4-7-26(8-5-2)29(9-6-10-35(41)47)38-42-37(43-48-38)31-24-46(23-25-11-15-28(39)16-12-25)33-22-34(45-19-17-44(3)18-20-45)32(40)21-30(33)36(31)27-13-14-27/h4,7-8,11-12,15-16,21-22,24,29H,5-6,9-10,13-14,17-20,23H2,1-3H3,(H2,41,47)/b7-4-,26-8+. The fourth-order valence-electron chi connectivity index (χ4n) is 6.65. The van der Waals surface area contributed by atoms with Crippen molar-refractivity contribution < 1.29 is 13.7 Å². The number of allylic oxidation sites excluding steroid dienone is 7. The number of benzene rings is 2. The van der Waals surface area contributed by atoms with Gasteiger partial charge in [-0.15, -0.1) is 0 Å². The number of nitrogens with zero attached hydrogens (tertiary/aromatic N) is 5. The van der Waals surface area contributed by atoms with Crippen LogP contribution < -0.4 is 15.5 Å². The Labute approximate surface area is 287 Å². The van der Waals surface area contributed by atoms with Gasteiger partial charge in [-0.1, -0.05) is 59.6 Å². The number of piperazine rings is 1. The predicted octanol–water partition coefficient (Wildman–Crippen LogP) is 7.87. The van der Waals surface area contributed by atoms with E-state index in [9.17, 15) is 4.79 Å². The van der Waals surface area contributed by atoms with Crippen LogP contribution in [0.15, 0.2) is 76.5 Å². The molecule has 8 nitrogen and oxygen atoms in total. The molecule has 1 aromatic heterocycles. The first-order chi connectivity index (χ1) is 23.2. The van der Waals surface area contributed by atoms with Gasteiger partial charge in [-0.2, -0.15) is 4.98 Å². The van der Waals surface area contributed by atoms with E-state index < -0.39 is 0 Å². The van der Waals surface area contributed by atoms with Gasteiger partial charge in [0.1, 0.15) is 5.82 Å². The smallest absolute Gasteiger partial charge is 0.234 e. The molecule has 1 amide bonds. The Balaban J connectivity index is 1.43. The van der Waals surface area contributed by atoms with E-state index in [0.717, 1.165) is 79.0 Å². The maximum absolute atomic E-state index is 16.1. The highest BCUT2D eigenvalue weighted by Gasteiger charge is 2.34. The number of carbonyl (C=O) groups is 1. The van der Waals surface area contributed by atoms with Gasteiger partial charge in [-0.25, -0.2) is 4.39 Å². The number of hydrogen-bond acceptors (Lipinski definition) is 7. The normalized spacial score (nSPS) is 17.6. The minimum Gasteiger partial charge on any atom is -0.370 e. The highest BCUT2D eigenvalue weighted by Crippen LogP contribution is 2.50. The highest BCUT2D eigenvalue weighted by atomic mass is 35.5. The van der Waals surface area contributed by atoms with Crippen molar-refractivity contribution in [3.05, 3.63) is 106 Å². The van der Waals surface area contributed by atoms with Crippen LogP contribution in [0.1, 0.15) is 81.1 Å². The minimum atomic E-state index is -0.331. The van der Waals surface area contributed by atoms with Crippen LogP contribution >= 0.6 is 11.6 Å². The molecule has 3 aromatic rings. The molecule has 1 saturated carbocycles. The number of anilines is 2. The van der Waals surface area contributed by atoms with Gasteiger partial charge in [0.25, 0.3) is 0 Å². The molecule has 10 heteroatoms. The van der Waals surface area contributed by atoms with Crippen LogP contribution in [0, 0.1) is 5.82 Å². The molecule has 0 radical (unpaired) electrons. The maximum Gasteiger partial charge on any atom is 0.234 e. The quantitative estimate of drug-likeness (QED) is 0.196. The molecule has 1 atom stereocenters. The van der Waals surface area contributed by atoms with Crippen molar-refractivity contribution in [2.24, 2.45) is 5.73 Å². The lowest BCUT2D eigenvalue weighted by Crippen LogP contribution is -2.44. The summed E-state index contributed by atoms with van der Waals surface area (Å²) in [7, 11) is 2.10. The van der Waals surface area contributed by atoms with Crippen LogP contribution in [0.5, 0.6) is 0 Å². The van der Waals surface area contributed by atoms with Gasteiger partial charge in [-0.05, 0) is 87.1 Å². The summed E-state index contributed by atoms with van der Waals surface area (Å²) in [5.74, 6) is 0.200. The number of likely N-dealkylation sites (N-methyl/N-ethyl adjacent to an activating group) is 1. The Morgan fingerprint density at radius 2 is 1.88 bits per heavy atom. The second-order valence-electron chi connectivity index (χ2n) is 12.9. The van der Waals surface area contributed by atoms with Crippen LogP contribution in [-0.2, 0) is 11.3 Å². The molecular weight excluding hydrogens is 627 g/mol. The molecule has 1 aliphatic carbocycles. The second kappa shape index (κ2) is 14.9. The van der Waals surface area contributed by atoms with E-state index in [0.29, 0.717) is 41.8 Å². The molecule has 0 spiro atoms. The molecule has 252 valence electrons. The first kappa shape index (κ1) is 33.7. The lowest BCUT2D eigenvalue weighted by atomic mass is 9.90. The minimum absolute atomic E-state index is 0.191. The molecule has 0 bridgehead atoms. The largest absolute Gasteiger partial charge is 0.370 e. The topological polar surface area (TPSA) is 91.7 Å². The van der Waals surface area contributed by atoms with Gasteiger partial charge in [0.15, 0.2) is 0 Å². The van der Waals surface area contributed by atoms with Crippen LogP contribution in [-0.4, -0.2) is 54.2 Å².